The average Bonchev–Trinajstić information content (AvgIpc) is 3.13. The van der Waals surface area contributed by atoms with Crippen molar-refractivity contribution < 1.29 is 0 Å². The molecule has 1 aliphatic rings. The van der Waals surface area contributed by atoms with Crippen molar-refractivity contribution in [3.05, 3.63) is 58.2 Å². The Morgan fingerprint density at radius 3 is 2.83 bits per heavy atom. The number of hydrogen-bond acceptors (Lipinski definition) is 5. The Labute approximate surface area is 183 Å². The van der Waals surface area contributed by atoms with Crippen LogP contribution in [0.4, 0.5) is 5.82 Å². The minimum Gasteiger partial charge on any atom is -0.261 e. The molecule has 0 spiro atoms. The zero-order chi connectivity index (χ0) is 21.1. The molecule has 2 aromatic heterocycles. The Bertz CT molecular complexity index is 1080. The summed E-state index contributed by atoms with van der Waals surface area (Å²) in [6, 6.07) is 10.3. The topological polar surface area (TPSA) is 50.2 Å². The number of hydrogen-bond donors (Lipinski definition) is 1. The average molecular weight is 419 g/mol. The summed E-state index contributed by atoms with van der Waals surface area (Å²) in [6.07, 6.45) is 10.3. The van der Waals surface area contributed by atoms with E-state index in [9.17, 15) is 0 Å². The van der Waals surface area contributed by atoms with Crippen molar-refractivity contribution >= 4 is 39.7 Å². The van der Waals surface area contributed by atoms with Gasteiger partial charge in [0.25, 0.3) is 0 Å². The van der Waals surface area contributed by atoms with Crippen LogP contribution in [0.2, 0.25) is 0 Å². The van der Waals surface area contributed by atoms with Gasteiger partial charge in [-0.25, -0.2) is 9.97 Å². The van der Waals surface area contributed by atoms with E-state index in [1.165, 1.54) is 28.8 Å². The molecule has 30 heavy (non-hydrogen) atoms. The Morgan fingerprint density at radius 2 is 2.07 bits per heavy atom. The number of fused-ring (bicyclic) bond motifs is 3. The molecule has 1 unspecified atom stereocenters. The van der Waals surface area contributed by atoms with Crippen molar-refractivity contribution in [2.24, 2.45) is 16.4 Å². The molecule has 1 atom stereocenters. The summed E-state index contributed by atoms with van der Waals surface area (Å²) >= 11 is 1.82. The fourth-order valence-electron chi connectivity index (χ4n) is 4.19. The van der Waals surface area contributed by atoms with Crippen LogP contribution in [-0.2, 0) is 12.8 Å². The van der Waals surface area contributed by atoms with Gasteiger partial charge in [0.1, 0.15) is 11.2 Å². The van der Waals surface area contributed by atoms with E-state index in [0.717, 1.165) is 34.4 Å². The summed E-state index contributed by atoms with van der Waals surface area (Å²) < 4.78 is 0. The van der Waals surface area contributed by atoms with Crippen molar-refractivity contribution in [2.45, 2.75) is 53.4 Å². The van der Waals surface area contributed by atoms with Gasteiger partial charge in [-0.2, -0.15) is 5.10 Å². The van der Waals surface area contributed by atoms with E-state index >= 15 is 0 Å². The predicted octanol–water partition coefficient (Wildman–Crippen LogP) is 6.73. The van der Waals surface area contributed by atoms with E-state index in [1.807, 2.05) is 35.8 Å². The van der Waals surface area contributed by atoms with E-state index < -0.39 is 0 Å². The Balaban J connectivity index is 1.58. The maximum absolute atomic E-state index is 4.56. The van der Waals surface area contributed by atoms with Gasteiger partial charge < -0.3 is 0 Å². The standard InChI is InChI=1S/C25H30N4S/c1-5-25(3,4)19-11-12-21-20(14-19)22-23(26-16-27-24(22)30-21)29-28-15-17(2)13-18-9-7-6-8-10-18/h6-10,13,15-16,19H,5,11-12,14H2,1-4H3,(H,26,27,29)/b17-13-,28-15+. The van der Waals surface area contributed by atoms with Gasteiger partial charge in [-0.05, 0) is 54.2 Å². The van der Waals surface area contributed by atoms with Crippen LogP contribution < -0.4 is 5.43 Å². The monoisotopic (exact) mass is 418 g/mol. The first-order valence-electron chi connectivity index (χ1n) is 10.8. The highest BCUT2D eigenvalue weighted by molar-refractivity contribution is 7.19. The van der Waals surface area contributed by atoms with Crippen LogP contribution in [-0.4, -0.2) is 16.2 Å². The molecule has 0 radical (unpaired) electrons. The fraction of sp³-hybridized carbons (Fsp3) is 0.400. The molecule has 0 amide bonds. The van der Waals surface area contributed by atoms with Gasteiger partial charge in [0.15, 0.2) is 5.82 Å². The van der Waals surface area contributed by atoms with Crippen LogP contribution in [0.15, 0.2) is 47.3 Å². The zero-order valence-electron chi connectivity index (χ0n) is 18.3. The summed E-state index contributed by atoms with van der Waals surface area (Å²) in [5.74, 6) is 1.51. The summed E-state index contributed by atoms with van der Waals surface area (Å²) in [6.45, 7) is 9.16. The maximum Gasteiger partial charge on any atom is 0.158 e. The largest absolute Gasteiger partial charge is 0.261 e. The number of nitrogens with zero attached hydrogens (tertiary/aromatic N) is 3. The molecule has 4 nitrogen and oxygen atoms in total. The van der Waals surface area contributed by atoms with E-state index in [-0.39, 0.29) is 0 Å². The molecule has 0 fully saturated rings. The molecule has 0 saturated heterocycles. The molecule has 2 heterocycles. The minimum atomic E-state index is 0.354. The molecule has 1 N–H and O–H groups in total. The van der Waals surface area contributed by atoms with Gasteiger partial charge in [-0.1, -0.05) is 63.6 Å². The zero-order valence-corrected chi connectivity index (χ0v) is 19.1. The number of nitrogens with one attached hydrogen (secondary N) is 1. The number of thiophene rings is 1. The molecule has 0 aliphatic heterocycles. The van der Waals surface area contributed by atoms with Gasteiger partial charge >= 0.3 is 0 Å². The van der Waals surface area contributed by atoms with Gasteiger partial charge in [0.05, 0.1) is 11.6 Å². The lowest BCUT2D eigenvalue weighted by Gasteiger charge is -2.36. The SMILES string of the molecule is CCC(C)(C)C1CCc2sc3ncnc(N/N=C/C(C)=C\c4ccccc4)c3c2C1. The minimum absolute atomic E-state index is 0.354. The van der Waals surface area contributed by atoms with E-state index in [0.29, 0.717) is 11.3 Å². The van der Waals surface area contributed by atoms with Crippen LogP contribution >= 0.6 is 11.3 Å². The molecule has 3 aromatic rings. The first kappa shape index (κ1) is 20.7. The first-order chi connectivity index (χ1) is 14.5. The molecule has 0 saturated carbocycles. The number of rotatable bonds is 6. The Morgan fingerprint density at radius 1 is 1.27 bits per heavy atom. The molecule has 1 aliphatic carbocycles. The van der Waals surface area contributed by atoms with Crippen LogP contribution in [0.5, 0.6) is 0 Å². The van der Waals surface area contributed by atoms with Crippen LogP contribution in [0.3, 0.4) is 0 Å². The van der Waals surface area contributed by atoms with Crippen molar-refractivity contribution in [1.82, 2.24) is 9.97 Å². The summed E-state index contributed by atoms with van der Waals surface area (Å²) in [5, 5.41) is 5.63. The highest BCUT2D eigenvalue weighted by Gasteiger charge is 2.33. The second-order valence-electron chi connectivity index (χ2n) is 8.86. The lowest BCUT2D eigenvalue weighted by molar-refractivity contribution is 0.184. The molecule has 5 heteroatoms. The highest BCUT2D eigenvalue weighted by atomic mass is 32.1. The van der Waals surface area contributed by atoms with Gasteiger partial charge in [0, 0.05) is 4.88 Å². The van der Waals surface area contributed by atoms with Crippen molar-refractivity contribution in [3.63, 3.8) is 0 Å². The third-order valence-electron chi connectivity index (χ3n) is 6.49. The summed E-state index contributed by atoms with van der Waals surface area (Å²) in [5.41, 5.74) is 7.23. The van der Waals surface area contributed by atoms with Gasteiger partial charge in [0.2, 0.25) is 0 Å². The van der Waals surface area contributed by atoms with E-state index in [4.69, 9.17) is 0 Å². The van der Waals surface area contributed by atoms with Crippen molar-refractivity contribution in [1.29, 1.82) is 0 Å². The lowest BCUT2D eigenvalue weighted by atomic mass is 9.69. The third kappa shape index (κ3) is 4.31. The highest BCUT2D eigenvalue weighted by Crippen LogP contribution is 2.45. The maximum atomic E-state index is 4.56. The van der Waals surface area contributed by atoms with Crippen molar-refractivity contribution in [2.75, 3.05) is 5.43 Å². The first-order valence-corrected chi connectivity index (χ1v) is 11.6. The van der Waals surface area contributed by atoms with Gasteiger partial charge in [-0.3, -0.25) is 5.43 Å². The second-order valence-corrected chi connectivity index (χ2v) is 9.94. The fourth-order valence-corrected chi connectivity index (χ4v) is 5.38. The molecule has 1 aromatic carbocycles. The number of allylic oxidation sites excluding steroid dienone is 1. The van der Waals surface area contributed by atoms with Crippen molar-refractivity contribution in [3.8, 4) is 0 Å². The molecule has 156 valence electrons. The van der Waals surface area contributed by atoms with E-state index in [1.54, 1.807) is 6.33 Å². The smallest absolute Gasteiger partial charge is 0.158 e. The summed E-state index contributed by atoms with van der Waals surface area (Å²) in [7, 11) is 0. The molecular weight excluding hydrogens is 388 g/mol. The number of benzene rings is 1. The van der Waals surface area contributed by atoms with Crippen LogP contribution in [0.25, 0.3) is 16.3 Å². The quantitative estimate of drug-likeness (QED) is 0.356. The van der Waals surface area contributed by atoms with Gasteiger partial charge in [-0.15, -0.1) is 11.3 Å². The number of anilines is 1. The normalized spacial score (nSPS) is 17.5. The molecule has 4 rings (SSSR count). The van der Waals surface area contributed by atoms with Crippen LogP contribution in [0.1, 0.15) is 56.5 Å². The lowest BCUT2D eigenvalue weighted by Crippen LogP contribution is -2.28. The molecular formula is C25H30N4S. The second kappa shape index (κ2) is 8.68. The number of aryl methyl sites for hydroxylation is 1. The number of aromatic nitrogens is 2. The predicted molar refractivity (Wildman–Crippen MR) is 129 cm³/mol. The number of hydrazone groups is 1. The summed E-state index contributed by atoms with van der Waals surface area (Å²) in [4.78, 5) is 11.6. The van der Waals surface area contributed by atoms with Crippen LogP contribution in [0, 0.1) is 11.3 Å². The van der Waals surface area contributed by atoms with E-state index in [2.05, 4.69) is 66.4 Å². The third-order valence-corrected chi connectivity index (χ3v) is 7.69. The molecule has 0 bridgehead atoms. The Hall–Kier alpha value is -2.53. The Kier molecular flexibility index (Phi) is 6.00.